The fourth-order valence-corrected chi connectivity index (χ4v) is 5.12. The molecule has 1 aliphatic carbocycles. The zero-order chi connectivity index (χ0) is 14.5. The molecule has 1 atom stereocenters. The van der Waals surface area contributed by atoms with Crippen LogP contribution in [0.3, 0.4) is 0 Å². The van der Waals surface area contributed by atoms with E-state index >= 15 is 0 Å². The standard InChI is InChI=1S/C12H18N4O2S2/c1-12(2)4-3-8(7-12)15-20(17,18)10-9(13)14-11-16(10)5-6-19-11/h5-6,8,15H,3-4,7,13H2,1-2H3. The molecule has 0 aliphatic heterocycles. The number of nitrogen functional groups attached to an aromatic ring is 1. The number of hydrogen-bond donors (Lipinski definition) is 2. The second-order valence-corrected chi connectivity index (χ2v) is 8.59. The van der Waals surface area contributed by atoms with Crippen molar-refractivity contribution in [2.45, 2.75) is 44.2 Å². The Morgan fingerprint density at radius 1 is 1.55 bits per heavy atom. The van der Waals surface area contributed by atoms with Gasteiger partial charge in [-0.3, -0.25) is 4.40 Å². The van der Waals surface area contributed by atoms with Crippen LogP contribution < -0.4 is 10.5 Å². The number of sulfonamides is 1. The molecule has 1 unspecified atom stereocenters. The zero-order valence-corrected chi connectivity index (χ0v) is 13.1. The first-order valence-electron chi connectivity index (χ1n) is 6.52. The molecule has 0 amide bonds. The van der Waals surface area contributed by atoms with Gasteiger partial charge in [0.1, 0.15) is 0 Å². The van der Waals surface area contributed by atoms with E-state index in [9.17, 15) is 8.42 Å². The number of imidazole rings is 1. The molecule has 0 spiro atoms. The molecule has 1 aliphatic rings. The number of rotatable bonds is 3. The van der Waals surface area contributed by atoms with E-state index in [1.165, 1.54) is 15.7 Å². The number of anilines is 1. The normalized spacial score (nSPS) is 22.6. The maximum absolute atomic E-state index is 12.5. The summed E-state index contributed by atoms with van der Waals surface area (Å²) in [4.78, 5) is 4.67. The summed E-state index contributed by atoms with van der Waals surface area (Å²) < 4.78 is 29.4. The largest absolute Gasteiger partial charge is 0.381 e. The highest BCUT2D eigenvalue weighted by atomic mass is 32.2. The average Bonchev–Trinajstić information content (AvgIpc) is 2.91. The summed E-state index contributed by atoms with van der Waals surface area (Å²) in [5.74, 6) is 0.0570. The summed E-state index contributed by atoms with van der Waals surface area (Å²) in [6.07, 6.45) is 4.40. The molecule has 0 bridgehead atoms. The molecule has 1 saturated carbocycles. The first kappa shape index (κ1) is 13.8. The Kier molecular flexibility index (Phi) is 3.07. The van der Waals surface area contributed by atoms with Crippen LogP contribution in [-0.2, 0) is 10.0 Å². The lowest BCUT2D eigenvalue weighted by atomic mass is 9.92. The van der Waals surface area contributed by atoms with Crippen LogP contribution in [0.1, 0.15) is 33.1 Å². The summed E-state index contributed by atoms with van der Waals surface area (Å²) in [7, 11) is -3.65. The molecule has 0 saturated heterocycles. The van der Waals surface area contributed by atoms with Gasteiger partial charge in [0, 0.05) is 17.6 Å². The Balaban J connectivity index is 1.92. The van der Waals surface area contributed by atoms with Gasteiger partial charge in [0.2, 0.25) is 0 Å². The lowest BCUT2D eigenvalue weighted by molar-refractivity contribution is 0.372. The van der Waals surface area contributed by atoms with Crippen LogP contribution in [-0.4, -0.2) is 23.8 Å². The summed E-state index contributed by atoms with van der Waals surface area (Å²) in [5.41, 5.74) is 5.96. The van der Waals surface area contributed by atoms with E-state index in [1.807, 2.05) is 0 Å². The van der Waals surface area contributed by atoms with Crippen LogP contribution in [0.2, 0.25) is 0 Å². The van der Waals surface area contributed by atoms with Crippen LogP contribution in [0.5, 0.6) is 0 Å². The topological polar surface area (TPSA) is 89.5 Å². The van der Waals surface area contributed by atoms with Crippen molar-refractivity contribution in [3.05, 3.63) is 11.6 Å². The van der Waals surface area contributed by atoms with Gasteiger partial charge in [-0.1, -0.05) is 13.8 Å². The Labute approximate surface area is 122 Å². The van der Waals surface area contributed by atoms with Crippen molar-refractivity contribution in [1.82, 2.24) is 14.1 Å². The van der Waals surface area contributed by atoms with Crippen LogP contribution >= 0.6 is 11.3 Å². The van der Waals surface area contributed by atoms with E-state index in [4.69, 9.17) is 5.73 Å². The van der Waals surface area contributed by atoms with Crippen molar-refractivity contribution in [1.29, 1.82) is 0 Å². The molecular weight excluding hydrogens is 296 g/mol. The fraction of sp³-hybridized carbons (Fsp3) is 0.583. The number of fused-ring (bicyclic) bond motifs is 1. The van der Waals surface area contributed by atoms with Gasteiger partial charge >= 0.3 is 0 Å². The van der Waals surface area contributed by atoms with Crippen molar-refractivity contribution < 1.29 is 8.42 Å². The smallest absolute Gasteiger partial charge is 0.260 e. The lowest BCUT2D eigenvalue weighted by Gasteiger charge is -2.17. The number of thiazole rings is 1. The molecule has 2 aromatic heterocycles. The second-order valence-electron chi connectivity index (χ2n) is 6.08. The number of nitrogens with one attached hydrogen (secondary N) is 1. The highest BCUT2D eigenvalue weighted by Crippen LogP contribution is 2.37. The van der Waals surface area contributed by atoms with Crippen LogP contribution in [0.25, 0.3) is 4.96 Å². The lowest BCUT2D eigenvalue weighted by Crippen LogP contribution is -2.34. The first-order chi connectivity index (χ1) is 9.28. The maximum atomic E-state index is 12.5. The van der Waals surface area contributed by atoms with Crippen LogP contribution in [0, 0.1) is 5.41 Å². The molecule has 110 valence electrons. The van der Waals surface area contributed by atoms with Gasteiger partial charge in [0.05, 0.1) is 0 Å². The van der Waals surface area contributed by atoms with Crippen LogP contribution in [0.15, 0.2) is 16.6 Å². The molecule has 6 nitrogen and oxygen atoms in total. The van der Waals surface area contributed by atoms with Gasteiger partial charge in [0.15, 0.2) is 15.8 Å². The van der Waals surface area contributed by atoms with Gasteiger partial charge in [-0.05, 0) is 24.7 Å². The van der Waals surface area contributed by atoms with Crippen molar-refractivity contribution in [2.24, 2.45) is 5.41 Å². The van der Waals surface area contributed by atoms with E-state index < -0.39 is 10.0 Å². The number of nitrogens with two attached hydrogens (primary N) is 1. The highest BCUT2D eigenvalue weighted by molar-refractivity contribution is 7.89. The molecule has 0 radical (unpaired) electrons. The third kappa shape index (κ3) is 2.32. The van der Waals surface area contributed by atoms with E-state index in [2.05, 4.69) is 23.6 Å². The molecule has 2 aromatic rings. The Hall–Kier alpha value is -1.12. The fourth-order valence-electron chi connectivity index (χ4n) is 2.86. The molecule has 3 rings (SSSR count). The third-order valence-corrected chi connectivity index (χ3v) is 6.10. The predicted octanol–water partition coefficient (Wildman–Crippen LogP) is 1.83. The average molecular weight is 314 g/mol. The number of hydrogen-bond acceptors (Lipinski definition) is 5. The van der Waals surface area contributed by atoms with Gasteiger partial charge in [-0.2, -0.15) is 0 Å². The number of aromatic nitrogens is 2. The summed E-state index contributed by atoms with van der Waals surface area (Å²) in [6, 6.07) is -0.0291. The van der Waals surface area contributed by atoms with Crippen molar-refractivity contribution >= 4 is 32.1 Å². The maximum Gasteiger partial charge on any atom is 0.260 e. The van der Waals surface area contributed by atoms with E-state index in [1.54, 1.807) is 11.6 Å². The second kappa shape index (κ2) is 4.44. The predicted molar refractivity (Wildman–Crippen MR) is 79.2 cm³/mol. The zero-order valence-electron chi connectivity index (χ0n) is 11.5. The Morgan fingerprint density at radius 3 is 2.95 bits per heavy atom. The molecule has 0 aromatic carbocycles. The summed E-state index contributed by atoms with van der Waals surface area (Å²) >= 11 is 1.36. The molecule has 3 N–H and O–H groups in total. The van der Waals surface area contributed by atoms with Crippen molar-refractivity contribution in [2.75, 3.05) is 5.73 Å². The van der Waals surface area contributed by atoms with Crippen molar-refractivity contribution in [3.63, 3.8) is 0 Å². The van der Waals surface area contributed by atoms with Crippen LogP contribution in [0.4, 0.5) is 5.82 Å². The number of nitrogens with zero attached hydrogens (tertiary/aromatic N) is 2. The summed E-state index contributed by atoms with van der Waals surface area (Å²) in [6.45, 7) is 4.32. The minimum atomic E-state index is -3.65. The van der Waals surface area contributed by atoms with Gasteiger partial charge in [-0.15, -0.1) is 11.3 Å². The van der Waals surface area contributed by atoms with Gasteiger partial charge in [-0.25, -0.2) is 18.1 Å². The van der Waals surface area contributed by atoms with E-state index in [-0.39, 0.29) is 22.3 Å². The third-order valence-electron chi connectivity index (χ3n) is 3.79. The first-order valence-corrected chi connectivity index (χ1v) is 8.88. The quantitative estimate of drug-likeness (QED) is 0.904. The molecule has 8 heteroatoms. The highest BCUT2D eigenvalue weighted by Gasteiger charge is 2.35. The van der Waals surface area contributed by atoms with Gasteiger partial charge < -0.3 is 5.73 Å². The Morgan fingerprint density at radius 2 is 2.30 bits per heavy atom. The molecule has 2 heterocycles. The van der Waals surface area contributed by atoms with E-state index in [0.29, 0.717) is 4.96 Å². The summed E-state index contributed by atoms with van der Waals surface area (Å²) in [5, 5.41) is 1.85. The Bertz CT molecular complexity index is 745. The molecule has 1 fully saturated rings. The molecular formula is C12H18N4O2S2. The van der Waals surface area contributed by atoms with E-state index in [0.717, 1.165) is 19.3 Å². The monoisotopic (exact) mass is 314 g/mol. The minimum absolute atomic E-state index is 0.0291. The van der Waals surface area contributed by atoms with Gasteiger partial charge in [0.25, 0.3) is 10.0 Å². The van der Waals surface area contributed by atoms with Crippen molar-refractivity contribution in [3.8, 4) is 0 Å². The SMILES string of the molecule is CC1(C)CCC(NS(=O)(=O)c2c(N)nc3sccn23)C1. The molecule has 20 heavy (non-hydrogen) atoms. The minimum Gasteiger partial charge on any atom is -0.381 e.